The molecule has 7 nitrogen and oxygen atoms in total. The number of aryl methyl sites for hydroxylation is 1. The third-order valence-electron chi connectivity index (χ3n) is 7.03. The number of nitrogens with one attached hydrogen (secondary N) is 1. The molecule has 0 aliphatic heterocycles. The second kappa shape index (κ2) is 6.84. The van der Waals surface area contributed by atoms with Gasteiger partial charge < -0.3 is 10.4 Å². The van der Waals surface area contributed by atoms with Crippen molar-refractivity contribution in [3.05, 3.63) is 47.7 Å². The van der Waals surface area contributed by atoms with Crippen LogP contribution in [0.4, 0.5) is 4.39 Å². The summed E-state index contributed by atoms with van der Waals surface area (Å²) in [6.45, 7) is 2.08. The second-order valence-corrected chi connectivity index (χ2v) is 8.82. The third-order valence-corrected chi connectivity index (χ3v) is 7.03. The van der Waals surface area contributed by atoms with E-state index in [9.17, 15) is 14.3 Å². The van der Waals surface area contributed by atoms with Crippen LogP contribution in [-0.2, 0) is 0 Å². The lowest BCUT2D eigenvalue weighted by atomic mass is 9.57. The highest BCUT2D eigenvalue weighted by Gasteiger charge is 2.48. The van der Waals surface area contributed by atoms with Crippen LogP contribution in [-0.4, -0.2) is 42.9 Å². The van der Waals surface area contributed by atoms with Gasteiger partial charge in [0.05, 0.1) is 16.8 Å². The topological polar surface area (TPSA) is 92.9 Å². The molecular weight excluding hydrogens is 385 g/mol. The van der Waals surface area contributed by atoms with E-state index in [0.717, 1.165) is 49.6 Å². The lowest BCUT2D eigenvalue weighted by Crippen LogP contribution is -2.57. The summed E-state index contributed by atoms with van der Waals surface area (Å²) in [5.74, 6) is -0.256. The highest BCUT2D eigenvalue weighted by Crippen LogP contribution is 2.52. The first kappa shape index (κ1) is 19.1. The Hall–Kier alpha value is -2.87. The van der Waals surface area contributed by atoms with Crippen LogP contribution < -0.4 is 5.32 Å². The molecule has 0 unspecified atom stereocenters. The highest BCUT2D eigenvalue weighted by molar-refractivity contribution is 5.94. The zero-order valence-corrected chi connectivity index (χ0v) is 16.9. The Kier molecular flexibility index (Phi) is 4.36. The molecule has 6 rings (SSSR count). The van der Waals surface area contributed by atoms with Gasteiger partial charge >= 0.3 is 0 Å². The van der Waals surface area contributed by atoms with E-state index in [2.05, 4.69) is 20.4 Å². The number of carbonyl (C=O) groups is 1. The number of aliphatic hydroxyl groups is 1. The van der Waals surface area contributed by atoms with E-state index in [1.54, 1.807) is 6.07 Å². The van der Waals surface area contributed by atoms with Crippen molar-refractivity contribution < 1.29 is 14.3 Å². The van der Waals surface area contributed by atoms with Crippen molar-refractivity contribution >= 4 is 16.8 Å². The molecule has 1 aromatic carbocycles. The summed E-state index contributed by atoms with van der Waals surface area (Å²) >= 11 is 0. The van der Waals surface area contributed by atoms with Gasteiger partial charge in [0.1, 0.15) is 5.82 Å². The van der Waals surface area contributed by atoms with Gasteiger partial charge in [0, 0.05) is 36.0 Å². The Morgan fingerprint density at radius 3 is 2.47 bits per heavy atom. The summed E-state index contributed by atoms with van der Waals surface area (Å²) in [6, 6.07) is 4.48. The number of fused-ring (bicyclic) bond motifs is 4. The van der Waals surface area contributed by atoms with E-state index in [-0.39, 0.29) is 35.2 Å². The minimum absolute atomic E-state index is 0.0569. The fourth-order valence-corrected chi connectivity index (χ4v) is 4.95. The van der Waals surface area contributed by atoms with E-state index in [0.29, 0.717) is 11.1 Å². The standard InChI is InChI=1S/C22H24FN5O2/c1-14-17-3-2-16(23)10-18(17)28(27-14)20-24-11-15(12-25-20)19(30)26-22-7-4-21(13-29,5-8-22)6-9-22/h2-3,10-12,29H,4-9,13H2,1H3,(H,26,30). The molecule has 3 saturated carbocycles. The van der Waals surface area contributed by atoms with Crippen molar-refractivity contribution in [2.24, 2.45) is 5.41 Å². The number of aliphatic hydroxyl groups excluding tert-OH is 1. The van der Waals surface area contributed by atoms with E-state index in [1.807, 2.05) is 6.92 Å². The molecule has 0 spiro atoms. The Morgan fingerprint density at radius 1 is 1.17 bits per heavy atom. The van der Waals surface area contributed by atoms with Gasteiger partial charge in [0.2, 0.25) is 0 Å². The molecule has 2 bridgehead atoms. The van der Waals surface area contributed by atoms with Gasteiger partial charge in [-0.3, -0.25) is 4.79 Å². The second-order valence-electron chi connectivity index (χ2n) is 8.82. The maximum atomic E-state index is 13.7. The van der Waals surface area contributed by atoms with Crippen molar-refractivity contribution in [3.8, 4) is 5.95 Å². The summed E-state index contributed by atoms with van der Waals surface area (Å²) in [7, 11) is 0. The molecule has 2 aromatic heterocycles. The number of hydrogen-bond acceptors (Lipinski definition) is 5. The quantitative estimate of drug-likeness (QED) is 0.691. The normalized spacial score (nSPS) is 25.6. The van der Waals surface area contributed by atoms with E-state index in [1.165, 1.54) is 29.2 Å². The van der Waals surface area contributed by atoms with Crippen molar-refractivity contribution in [3.63, 3.8) is 0 Å². The number of halogens is 1. The van der Waals surface area contributed by atoms with E-state index < -0.39 is 0 Å². The molecule has 3 fully saturated rings. The van der Waals surface area contributed by atoms with Crippen LogP contribution in [0.5, 0.6) is 0 Å². The van der Waals surface area contributed by atoms with Crippen LogP contribution in [0.2, 0.25) is 0 Å². The van der Waals surface area contributed by atoms with Crippen molar-refractivity contribution in [2.75, 3.05) is 6.61 Å². The first-order chi connectivity index (χ1) is 14.4. The predicted molar refractivity (Wildman–Crippen MR) is 109 cm³/mol. The minimum Gasteiger partial charge on any atom is -0.396 e. The smallest absolute Gasteiger partial charge is 0.254 e. The van der Waals surface area contributed by atoms with Gasteiger partial charge in [-0.25, -0.2) is 14.4 Å². The number of amides is 1. The molecule has 2 heterocycles. The summed E-state index contributed by atoms with van der Waals surface area (Å²) in [5, 5.41) is 18.1. The Labute approximate surface area is 173 Å². The summed E-state index contributed by atoms with van der Waals surface area (Å²) < 4.78 is 15.2. The average molecular weight is 409 g/mol. The van der Waals surface area contributed by atoms with Gasteiger partial charge in [-0.05, 0) is 63.0 Å². The fraction of sp³-hybridized carbons (Fsp3) is 0.455. The fourth-order valence-electron chi connectivity index (χ4n) is 4.95. The lowest BCUT2D eigenvalue weighted by molar-refractivity contribution is -0.0152. The predicted octanol–water partition coefficient (Wildman–Crippen LogP) is 3.08. The number of rotatable bonds is 4. The molecule has 0 atom stereocenters. The summed E-state index contributed by atoms with van der Waals surface area (Å²) in [4.78, 5) is 21.5. The van der Waals surface area contributed by atoms with Gasteiger partial charge in [-0.15, -0.1) is 0 Å². The largest absolute Gasteiger partial charge is 0.396 e. The van der Waals surface area contributed by atoms with Crippen molar-refractivity contribution in [1.29, 1.82) is 0 Å². The van der Waals surface area contributed by atoms with E-state index >= 15 is 0 Å². The molecule has 0 radical (unpaired) electrons. The highest BCUT2D eigenvalue weighted by atomic mass is 19.1. The monoisotopic (exact) mass is 409 g/mol. The molecule has 3 aromatic rings. The Morgan fingerprint density at radius 2 is 1.83 bits per heavy atom. The summed E-state index contributed by atoms with van der Waals surface area (Å²) in [6.07, 6.45) is 8.48. The number of hydrogen-bond donors (Lipinski definition) is 2. The number of benzene rings is 1. The average Bonchev–Trinajstić information content (AvgIpc) is 3.10. The molecule has 3 aliphatic rings. The van der Waals surface area contributed by atoms with Crippen LogP contribution in [0.15, 0.2) is 30.6 Å². The molecule has 156 valence electrons. The maximum absolute atomic E-state index is 13.7. The van der Waals surface area contributed by atoms with Gasteiger partial charge in [0.15, 0.2) is 0 Å². The van der Waals surface area contributed by atoms with Gasteiger partial charge in [-0.2, -0.15) is 9.78 Å². The van der Waals surface area contributed by atoms with E-state index in [4.69, 9.17) is 0 Å². The molecule has 2 N–H and O–H groups in total. The lowest BCUT2D eigenvalue weighted by Gasteiger charge is -2.53. The molecule has 1 amide bonds. The zero-order chi connectivity index (χ0) is 20.9. The number of carbonyl (C=O) groups excluding carboxylic acids is 1. The van der Waals surface area contributed by atoms with Crippen molar-refractivity contribution in [2.45, 2.75) is 51.0 Å². The third kappa shape index (κ3) is 3.06. The first-order valence-electron chi connectivity index (χ1n) is 10.3. The van der Waals surface area contributed by atoms with Crippen LogP contribution in [0.25, 0.3) is 16.9 Å². The Balaban J connectivity index is 1.36. The van der Waals surface area contributed by atoms with Gasteiger partial charge in [-0.1, -0.05) is 0 Å². The number of nitrogens with zero attached hydrogens (tertiary/aromatic N) is 4. The van der Waals surface area contributed by atoms with Crippen molar-refractivity contribution in [1.82, 2.24) is 25.1 Å². The maximum Gasteiger partial charge on any atom is 0.254 e. The molecular formula is C22H24FN5O2. The Bertz CT molecular complexity index is 1100. The minimum atomic E-state index is -0.357. The first-order valence-corrected chi connectivity index (χ1v) is 10.3. The molecule has 0 saturated heterocycles. The molecule has 30 heavy (non-hydrogen) atoms. The van der Waals surface area contributed by atoms with Gasteiger partial charge in [0.25, 0.3) is 11.9 Å². The SMILES string of the molecule is Cc1nn(-c2ncc(C(=O)NC34CCC(CO)(CC3)CC4)cn2)c2cc(F)ccc12. The number of aromatic nitrogens is 4. The summed E-state index contributed by atoms with van der Waals surface area (Å²) in [5.41, 5.74) is 1.58. The van der Waals surface area contributed by atoms with Crippen LogP contribution >= 0.6 is 0 Å². The van der Waals surface area contributed by atoms with Crippen LogP contribution in [0.3, 0.4) is 0 Å². The molecule has 8 heteroatoms. The van der Waals surface area contributed by atoms with Crippen LogP contribution in [0, 0.1) is 18.2 Å². The van der Waals surface area contributed by atoms with Crippen LogP contribution in [0.1, 0.15) is 54.6 Å². The zero-order valence-electron chi connectivity index (χ0n) is 16.9. The molecule has 3 aliphatic carbocycles.